The van der Waals surface area contributed by atoms with Gasteiger partial charge in [0.15, 0.2) is 16.0 Å². The third-order valence-electron chi connectivity index (χ3n) is 3.78. The molecule has 1 aromatic carbocycles. The highest BCUT2D eigenvalue weighted by Crippen LogP contribution is 2.35. The second-order valence-electron chi connectivity index (χ2n) is 4.85. The predicted octanol–water partition coefficient (Wildman–Crippen LogP) is 2.87. The van der Waals surface area contributed by atoms with E-state index in [1.54, 1.807) is 11.3 Å². The van der Waals surface area contributed by atoms with E-state index in [2.05, 4.69) is 50.6 Å². The van der Waals surface area contributed by atoms with Gasteiger partial charge in [-0.3, -0.25) is 0 Å². The summed E-state index contributed by atoms with van der Waals surface area (Å²) in [5.41, 5.74) is 5.29. The molecule has 0 aliphatic carbocycles. The van der Waals surface area contributed by atoms with Crippen molar-refractivity contribution in [3.8, 4) is 11.3 Å². The van der Waals surface area contributed by atoms with E-state index in [4.69, 9.17) is 0 Å². The maximum atomic E-state index is 4.46. The summed E-state index contributed by atoms with van der Waals surface area (Å²) in [4.78, 5) is 6.85. The van der Waals surface area contributed by atoms with Crippen LogP contribution >= 0.6 is 11.3 Å². The quantitative estimate of drug-likeness (QED) is 0.394. The molecular formula is C15H10N3S+. The largest absolute Gasteiger partial charge is 0.251 e. The fraction of sp³-hybridized carbons (Fsp3) is 0.0667. The minimum Gasteiger partial charge on any atom is -0.241 e. The molecule has 5 rings (SSSR count). The first-order valence-corrected chi connectivity index (χ1v) is 7.10. The molecule has 4 heterocycles. The van der Waals surface area contributed by atoms with Crippen molar-refractivity contribution in [3.05, 3.63) is 54.5 Å². The molecule has 0 unspecified atom stereocenters. The van der Waals surface area contributed by atoms with Gasteiger partial charge < -0.3 is 0 Å². The van der Waals surface area contributed by atoms with E-state index >= 15 is 0 Å². The number of thiazole rings is 1. The maximum Gasteiger partial charge on any atom is 0.251 e. The molecule has 4 aromatic rings. The van der Waals surface area contributed by atoms with Gasteiger partial charge in [-0.2, -0.15) is 4.40 Å². The van der Waals surface area contributed by atoms with Crippen molar-refractivity contribution in [3.63, 3.8) is 0 Å². The van der Waals surface area contributed by atoms with Crippen LogP contribution in [0.25, 0.3) is 26.4 Å². The Bertz CT molecular complexity index is 949. The molecule has 3 aromatic heterocycles. The number of rotatable bonds is 0. The normalized spacial score (nSPS) is 13.1. The molecule has 0 fully saturated rings. The van der Waals surface area contributed by atoms with Crippen molar-refractivity contribution in [1.29, 1.82) is 0 Å². The molecule has 0 saturated heterocycles. The highest BCUT2D eigenvalue weighted by molar-refractivity contribution is 7.24. The molecule has 0 spiro atoms. The molecule has 0 saturated carbocycles. The number of imidazole rings is 1. The van der Waals surface area contributed by atoms with Crippen LogP contribution in [-0.4, -0.2) is 9.38 Å². The molecule has 90 valence electrons. The number of benzene rings is 1. The molecule has 0 amide bonds. The Hall–Kier alpha value is -2.20. The Morgan fingerprint density at radius 1 is 1.16 bits per heavy atom. The van der Waals surface area contributed by atoms with Crippen LogP contribution in [0, 0.1) is 0 Å². The van der Waals surface area contributed by atoms with Gasteiger partial charge in [0, 0.05) is 17.3 Å². The Balaban J connectivity index is 1.97. The number of hydrogen-bond donors (Lipinski definition) is 0. The van der Waals surface area contributed by atoms with Crippen molar-refractivity contribution in [2.45, 2.75) is 6.54 Å². The lowest BCUT2D eigenvalue weighted by Crippen LogP contribution is -2.29. The van der Waals surface area contributed by atoms with Crippen molar-refractivity contribution >= 4 is 26.5 Å². The Labute approximate surface area is 113 Å². The van der Waals surface area contributed by atoms with E-state index in [0.29, 0.717) is 0 Å². The molecule has 1 aliphatic rings. The van der Waals surface area contributed by atoms with E-state index in [9.17, 15) is 0 Å². The molecule has 19 heavy (non-hydrogen) atoms. The van der Waals surface area contributed by atoms with Crippen LogP contribution in [0.4, 0.5) is 0 Å². The summed E-state index contributed by atoms with van der Waals surface area (Å²) in [6.07, 6.45) is 4.06. The molecular weight excluding hydrogens is 254 g/mol. The molecule has 3 nitrogen and oxygen atoms in total. The summed E-state index contributed by atoms with van der Waals surface area (Å²) < 4.78 is 4.60. The van der Waals surface area contributed by atoms with Crippen LogP contribution in [0.3, 0.4) is 0 Å². The Kier molecular flexibility index (Phi) is 1.64. The van der Waals surface area contributed by atoms with Crippen molar-refractivity contribution in [2.24, 2.45) is 0 Å². The minimum atomic E-state index is 0.974. The summed E-state index contributed by atoms with van der Waals surface area (Å²) in [5, 5.41) is 0. The first kappa shape index (κ1) is 9.69. The van der Waals surface area contributed by atoms with E-state index in [0.717, 1.165) is 11.4 Å². The number of nitrogens with zero attached hydrogens (tertiary/aromatic N) is 3. The van der Waals surface area contributed by atoms with Gasteiger partial charge in [-0.25, -0.2) is 9.55 Å². The predicted molar refractivity (Wildman–Crippen MR) is 75.3 cm³/mol. The Morgan fingerprint density at radius 2 is 2.11 bits per heavy atom. The summed E-state index contributed by atoms with van der Waals surface area (Å²) in [7, 11) is 0. The van der Waals surface area contributed by atoms with E-state index in [1.165, 1.54) is 27.2 Å². The van der Waals surface area contributed by atoms with E-state index in [-0.39, 0.29) is 0 Å². The summed E-state index contributed by atoms with van der Waals surface area (Å²) >= 11 is 1.77. The van der Waals surface area contributed by atoms with Crippen LogP contribution in [0.5, 0.6) is 0 Å². The molecule has 0 radical (unpaired) electrons. The van der Waals surface area contributed by atoms with E-state index in [1.807, 2.05) is 12.3 Å². The van der Waals surface area contributed by atoms with Gasteiger partial charge in [-0.15, -0.1) is 0 Å². The van der Waals surface area contributed by atoms with Crippen LogP contribution in [0.1, 0.15) is 5.56 Å². The summed E-state index contributed by atoms with van der Waals surface area (Å²) in [5.74, 6) is 0. The Morgan fingerprint density at radius 3 is 3.11 bits per heavy atom. The number of fused-ring (bicyclic) bond motifs is 7. The minimum absolute atomic E-state index is 0.974. The van der Waals surface area contributed by atoms with Crippen LogP contribution < -0.4 is 4.57 Å². The first-order valence-electron chi connectivity index (χ1n) is 6.28. The summed E-state index contributed by atoms with van der Waals surface area (Å²) in [6.45, 7) is 0.974. The zero-order chi connectivity index (χ0) is 12.4. The van der Waals surface area contributed by atoms with Gasteiger partial charge in [0.05, 0.1) is 0 Å². The number of pyridine rings is 1. The van der Waals surface area contributed by atoms with Gasteiger partial charge in [0.2, 0.25) is 4.83 Å². The molecule has 4 heteroatoms. The highest BCUT2D eigenvalue weighted by atomic mass is 32.1. The van der Waals surface area contributed by atoms with Crippen molar-refractivity contribution < 1.29 is 4.57 Å². The second kappa shape index (κ2) is 3.22. The number of aromatic nitrogens is 3. The highest BCUT2D eigenvalue weighted by Gasteiger charge is 2.30. The maximum absolute atomic E-state index is 4.46. The third-order valence-corrected chi connectivity index (χ3v) is 4.87. The molecule has 0 N–H and O–H groups in total. The van der Waals surface area contributed by atoms with Gasteiger partial charge in [0.1, 0.15) is 6.54 Å². The molecule has 0 bridgehead atoms. The lowest BCUT2D eigenvalue weighted by atomic mass is 10.1. The molecule has 1 aliphatic heterocycles. The summed E-state index contributed by atoms with van der Waals surface area (Å²) in [6, 6.07) is 12.8. The fourth-order valence-electron chi connectivity index (χ4n) is 2.95. The van der Waals surface area contributed by atoms with Crippen molar-refractivity contribution in [1.82, 2.24) is 9.38 Å². The lowest BCUT2D eigenvalue weighted by Gasteiger charge is -1.92. The van der Waals surface area contributed by atoms with Gasteiger partial charge >= 0.3 is 0 Å². The van der Waals surface area contributed by atoms with Crippen molar-refractivity contribution in [2.75, 3.05) is 0 Å². The lowest BCUT2D eigenvalue weighted by molar-refractivity contribution is -0.671. The second-order valence-corrected chi connectivity index (χ2v) is 5.83. The molecule has 0 atom stereocenters. The van der Waals surface area contributed by atoms with Gasteiger partial charge in [0.25, 0.3) is 6.33 Å². The average Bonchev–Trinajstić information content (AvgIpc) is 3.05. The third kappa shape index (κ3) is 1.12. The average molecular weight is 264 g/mol. The van der Waals surface area contributed by atoms with E-state index < -0.39 is 0 Å². The number of hydrogen-bond acceptors (Lipinski definition) is 2. The zero-order valence-corrected chi connectivity index (χ0v) is 10.9. The van der Waals surface area contributed by atoms with Gasteiger partial charge in [-0.1, -0.05) is 35.6 Å². The van der Waals surface area contributed by atoms with Gasteiger partial charge in [-0.05, 0) is 12.1 Å². The fourth-order valence-corrected chi connectivity index (χ4v) is 4.09. The topological polar surface area (TPSA) is 21.2 Å². The SMILES string of the molecule is c1ccc2c(c1)C[n+]1cn3c(sc4ncccc43)c1-2. The monoisotopic (exact) mass is 264 g/mol. The van der Waals surface area contributed by atoms with Crippen LogP contribution in [0.15, 0.2) is 48.9 Å². The van der Waals surface area contributed by atoms with Crippen LogP contribution in [0.2, 0.25) is 0 Å². The zero-order valence-electron chi connectivity index (χ0n) is 10.1. The smallest absolute Gasteiger partial charge is 0.241 e. The first-order chi connectivity index (χ1) is 9.42. The standard InChI is InChI=1S/C15H10N3S/c1-2-5-11-10(4-1)8-17-9-18-12-6-3-7-16-14(12)19-15(18)13(11)17/h1-7,9H,8H2/q+1. The van der Waals surface area contributed by atoms with Crippen LogP contribution in [-0.2, 0) is 6.54 Å².